The van der Waals surface area contributed by atoms with Gasteiger partial charge in [0.2, 0.25) is 0 Å². The van der Waals surface area contributed by atoms with Crippen molar-refractivity contribution in [2.75, 3.05) is 0 Å². The summed E-state index contributed by atoms with van der Waals surface area (Å²) in [5, 5.41) is 25.3. The second kappa shape index (κ2) is 11.2. The molecule has 1 aliphatic rings. The summed E-state index contributed by atoms with van der Waals surface area (Å²) in [6, 6.07) is 4.01. The van der Waals surface area contributed by atoms with E-state index in [-0.39, 0.29) is 19.5 Å². The van der Waals surface area contributed by atoms with E-state index in [4.69, 9.17) is 10.5 Å². The maximum absolute atomic E-state index is 8.60. The number of nitrogens with zero attached hydrogens (tertiary/aromatic N) is 6. The molecule has 0 atom stereocenters. The molecule has 2 aromatic heterocycles. The smallest absolute Gasteiger partial charge is 0.198 e. The third kappa shape index (κ3) is 6.77. The Morgan fingerprint density at radius 3 is 1.46 bits per heavy atom. The molecule has 0 aromatic carbocycles. The van der Waals surface area contributed by atoms with Crippen LogP contribution in [0.4, 0.5) is 0 Å². The summed E-state index contributed by atoms with van der Waals surface area (Å²) < 4.78 is 3.40. The molecule has 1 aliphatic carbocycles. The summed E-state index contributed by atoms with van der Waals surface area (Å²) in [7, 11) is -0.773. The standard InChI is InChI=1S/C8H6BN6.C8H12.Rh/c10-1-7-3-12-14(5-7)9-15-6-8(2-11)4-13-15;1-2-4-6-8-7-5-3-1;/h3-6H,9H2;1-2,7-8H,3-6H2;/q-1;;/b;2-1-,8-7-;. The maximum Gasteiger partial charge on any atom is 0.198 e. The summed E-state index contributed by atoms with van der Waals surface area (Å²) in [6.07, 6.45) is 20.4. The van der Waals surface area contributed by atoms with Crippen LogP contribution in [0.15, 0.2) is 49.1 Å². The molecule has 125 valence electrons. The van der Waals surface area contributed by atoms with Gasteiger partial charge in [-0.15, -0.1) is 0 Å². The van der Waals surface area contributed by atoms with Gasteiger partial charge in [-0.25, -0.2) is 10.2 Å². The fraction of sp³-hybridized carbons (Fsp3) is 0.250. The Hall–Kier alpha value is -2.43. The summed E-state index contributed by atoms with van der Waals surface area (Å²) in [4.78, 5) is 0. The van der Waals surface area contributed by atoms with Gasteiger partial charge in [-0.2, -0.15) is 10.5 Å². The number of rotatable bonds is 2. The summed E-state index contributed by atoms with van der Waals surface area (Å²) in [5.41, 5.74) is 1.07. The van der Waals surface area contributed by atoms with Crippen LogP contribution in [-0.2, 0) is 19.5 Å². The molecule has 0 unspecified atom stereocenters. The van der Waals surface area contributed by atoms with Gasteiger partial charge >= 0.3 is 0 Å². The van der Waals surface area contributed by atoms with E-state index in [1.807, 2.05) is 12.1 Å². The molecule has 6 nitrogen and oxygen atoms in total. The van der Waals surface area contributed by atoms with Crippen LogP contribution in [0.1, 0.15) is 36.8 Å². The van der Waals surface area contributed by atoms with E-state index in [1.165, 1.54) is 38.1 Å². The molecule has 0 fully saturated rings. The van der Waals surface area contributed by atoms with Crippen molar-refractivity contribution in [2.24, 2.45) is 0 Å². The third-order valence-corrected chi connectivity index (χ3v) is 3.41. The summed E-state index contributed by atoms with van der Waals surface area (Å²) in [6.45, 7) is 0. The van der Waals surface area contributed by atoms with E-state index in [2.05, 4.69) is 34.5 Å². The van der Waals surface area contributed by atoms with Gasteiger partial charge in [0.1, 0.15) is 12.1 Å². The van der Waals surface area contributed by atoms with Gasteiger partial charge < -0.3 is 9.19 Å². The zero-order chi connectivity index (χ0) is 16.3. The Bertz CT molecular complexity index is 686. The first-order chi connectivity index (χ1) is 11.3. The second-order valence-electron chi connectivity index (χ2n) is 5.33. The maximum atomic E-state index is 8.60. The van der Waals surface area contributed by atoms with Crippen molar-refractivity contribution >= 4 is 7.55 Å². The van der Waals surface area contributed by atoms with Gasteiger partial charge in [0.15, 0.2) is 7.55 Å². The zero-order valence-corrected chi connectivity index (χ0v) is 15.1. The molecule has 0 bridgehead atoms. The minimum atomic E-state index is -0.773. The molecular weight excluding hydrogens is 390 g/mol. The topological polar surface area (TPSA) is 83.2 Å². The van der Waals surface area contributed by atoms with Crippen LogP contribution < -0.4 is 0 Å². The van der Waals surface area contributed by atoms with Crippen molar-refractivity contribution < 1.29 is 19.5 Å². The normalized spacial score (nSPS) is 15.2. The van der Waals surface area contributed by atoms with Crippen molar-refractivity contribution in [3.05, 3.63) is 60.2 Å². The second-order valence-corrected chi connectivity index (χ2v) is 5.33. The third-order valence-electron chi connectivity index (χ3n) is 3.41. The van der Waals surface area contributed by atoms with Crippen LogP contribution in [0, 0.1) is 22.7 Å². The summed E-state index contributed by atoms with van der Waals surface area (Å²) >= 11 is 0. The van der Waals surface area contributed by atoms with Crippen molar-refractivity contribution in [3.63, 3.8) is 0 Å². The largest absolute Gasteiger partial charge is 0.427 e. The quantitative estimate of drug-likeness (QED) is 0.562. The Labute approximate surface area is 155 Å². The molecule has 0 saturated carbocycles. The van der Waals surface area contributed by atoms with Crippen LogP contribution in [-0.4, -0.2) is 26.9 Å². The number of aromatic nitrogens is 4. The molecule has 0 aliphatic heterocycles. The van der Waals surface area contributed by atoms with Gasteiger partial charge in [0, 0.05) is 19.5 Å². The van der Waals surface area contributed by atoms with E-state index in [1.54, 1.807) is 21.6 Å². The SMILES string of the molecule is C1=C\CC/C=C\CC/1.N#Cc1cnn([BH2-]n2cc(C#N)cn2)c1.[Rh]. The fourth-order valence-corrected chi connectivity index (χ4v) is 2.24. The molecule has 1 radical (unpaired) electrons. The average Bonchev–Trinajstić information content (AvgIpc) is 3.16. The predicted octanol–water partition coefficient (Wildman–Crippen LogP) is 1.89. The first-order valence-electron chi connectivity index (χ1n) is 7.73. The average molecular weight is 408 g/mol. The zero-order valence-electron chi connectivity index (χ0n) is 13.5. The number of hydrogen-bond acceptors (Lipinski definition) is 4. The van der Waals surface area contributed by atoms with Crippen molar-refractivity contribution in [1.29, 1.82) is 10.5 Å². The molecule has 0 spiro atoms. The molecule has 24 heavy (non-hydrogen) atoms. The Kier molecular flexibility index (Phi) is 9.12. The Morgan fingerprint density at radius 2 is 1.17 bits per heavy atom. The van der Waals surface area contributed by atoms with Gasteiger partial charge in [-0.05, 0) is 38.1 Å². The van der Waals surface area contributed by atoms with Crippen molar-refractivity contribution in [1.82, 2.24) is 19.4 Å². The molecule has 0 N–H and O–H groups in total. The first-order valence-corrected chi connectivity index (χ1v) is 7.73. The van der Waals surface area contributed by atoms with Gasteiger partial charge in [0.25, 0.3) is 0 Å². The minimum absolute atomic E-state index is 0. The van der Waals surface area contributed by atoms with Crippen LogP contribution >= 0.6 is 0 Å². The predicted molar refractivity (Wildman–Crippen MR) is 90.0 cm³/mol. The molecular formula is C16H18BN6Rh-. The molecule has 2 heterocycles. The number of nitriles is 2. The Balaban J connectivity index is 0.000000273. The van der Waals surface area contributed by atoms with Gasteiger partial charge in [-0.3, -0.25) is 0 Å². The fourth-order valence-electron chi connectivity index (χ4n) is 2.24. The minimum Gasteiger partial charge on any atom is -0.427 e. The van der Waals surface area contributed by atoms with Crippen LogP contribution in [0.5, 0.6) is 0 Å². The van der Waals surface area contributed by atoms with Gasteiger partial charge in [0.05, 0.1) is 23.5 Å². The number of hydrogen-bond donors (Lipinski definition) is 0. The molecule has 8 heteroatoms. The van der Waals surface area contributed by atoms with Crippen LogP contribution in [0.25, 0.3) is 0 Å². The van der Waals surface area contributed by atoms with E-state index < -0.39 is 7.55 Å². The van der Waals surface area contributed by atoms with Crippen LogP contribution in [0.2, 0.25) is 0 Å². The monoisotopic (exact) mass is 408 g/mol. The van der Waals surface area contributed by atoms with Crippen molar-refractivity contribution in [2.45, 2.75) is 25.7 Å². The molecule has 0 amide bonds. The number of allylic oxidation sites excluding steroid dienone is 4. The van der Waals surface area contributed by atoms with Gasteiger partial charge in [-0.1, -0.05) is 24.3 Å². The van der Waals surface area contributed by atoms with E-state index in [9.17, 15) is 0 Å². The summed E-state index contributed by atoms with van der Waals surface area (Å²) in [5.74, 6) is 0. The van der Waals surface area contributed by atoms with E-state index >= 15 is 0 Å². The molecule has 0 saturated heterocycles. The van der Waals surface area contributed by atoms with Crippen LogP contribution in [0.3, 0.4) is 0 Å². The van der Waals surface area contributed by atoms with E-state index in [0.29, 0.717) is 11.1 Å². The molecule has 3 rings (SSSR count). The molecule has 2 aromatic rings. The van der Waals surface area contributed by atoms with Crippen molar-refractivity contribution in [3.8, 4) is 12.1 Å². The Morgan fingerprint density at radius 1 is 0.792 bits per heavy atom. The van der Waals surface area contributed by atoms with E-state index in [0.717, 1.165) is 0 Å². The first kappa shape index (κ1) is 19.6.